The second kappa shape index (κ2) is 4.38. The van der Waals surface area contributed by atoms with Crippen molar-refractivity contribution in [1.29, 1.82) is 0 Å². The summed E-state index contributed by atoms with van der Waals surface area (Å²) in [4.78, 5) is 14.3. The Labute approximate surface area is 88.0 Å². The van der Waals surface area contributed by atoms with Crippen molar-refractivity contribution in [2.45, 2.75) is 32.4 Å². The highest BCUT2D eigenvalue weighted by molar-refractivity contribution is 5.67. The zero-order chi connectivity index (χ0) is 11.5. The number of rotatable bonds is 4. The summed E-state index contributed by atoms with van der Waals surface area (Å²) >= 11 is 0. The van der Waals surface area contributed by atoms with Gasteiger partial charge < -0.3 is 5.11 Å². The number of carboxylic acids is 1. The van der Waals surface area contributed by atoms with Gasteiger partial charge in [0.15, 0.2) is 0 Å². The topological polar surface area (TPSA) is 50.2 Å². The molecule has 3 nitrogen and oxygen atoms in total. The van der Waals surface area contributed by atoms with E-state index in [0.717, 1.165) is 5.56 Å². The molecule has 1 N–H and O–H groups in total. The van der Waals surface area contributed by atoms with Gasteiger partial charge >= 0.3 is 5.97 Å². The molecule has 0 aromatic carbocycles. The fraction of sp³-hybridized carbons (Fsp3) is 0.455. The average molecular weight is 211 g/mol. The van der Waals surface area contributed by atoms with Crippen molar-refractivity contribution in [3.05, 3.63) is 29.6 Å². The highest BCUT2D eigenvalue weighted by atomic mass is 19.1. The van der Waals surface area contributed by atoms with Crippen LogP contribution in [0.1, 0.15) is 31.5 Å². The number of aliphatic carboxylic acids is 1. The number of pyridine rings is 1. The minimum atomic E-state index is -1.49. The normalized spacial score (nSPS) is 11.4. The van der Waals surface area contributed by atoms with Gasteiger partial charge in [-0.1, -0.05) is 0 Å². The lowest BCUT2D eigenvalue weighted by atomic mass is 10.0. The first-order valence-corrected chi connectivity index (χ1v) is 4.75. The lowest BCUT2D eigenvalue weighted by molar-refractivity contribution is -0.136. The van der Waals surface area contributed by atoms with Crippen LogP contribution in [-0.4, -0.2) is 16.1 Å². The van der Waals surface area contributed by atoms with E-state index < -0.39 is 11.6 Å². The van der Waals surface area contributed by atoms with Crippen LogP contribution >= 0.6 is 0 Å². The van der Waals surface area contributed by atoms with Crippen molar-refractivity contribution in [3.63, 3.8) is 0 Å². The summed E-state index contributed by atoms with van der Waals surface area (Å²) in [6.07, 6.45) is 1.96. The molecule has 0 spiro atoms. The van der Waals surface area contributed by atoms with Gasteiger partial charge in [0.1, 0.15) is 5.67 Å². The van der Waals surface area contributed by atoms with Gasteiger partial charge in [0.2, 0.25) is 0 Å². The Kier molecular flexibility index (Phi) is 3.39. The number of aryl methyl sites for hydroxylation is 1. The summed E-state index contributed by atoms with van der Waals surface area (Å²) in [6, 6.07) is 3.32. The summed E-state index contributed by atoms with van der Waals surface area (Å²) in [5.74, 6) is -0.854. The van der Waals surface area contributed by atoms with E-state index in [1.54, 1.807) is 12.1 Å². The van der Waals surface area contributed by atoms with Gasteiger partial charge in [-0.15, -0.1) is 0 Å². The van der Waals surface area contributed by atoms with E-state index in [1.165, 1.54) is 20.0 Å². The standard InChI is InChI=1S/C11H14FNO2/c1-11(2,12)9-7-8(5-6-13-9)3-4-10(14)15/h5-7H,3-4H2,1-2H3,(H,14,15). The monoisotopic (exact) mass is 211 g/mol. The van der Waals surface area contributed by atoms with Crippen LogP contribution in [0.15, 0.2) is 18.3 Å². The Morgan fingerprint density at radius 2 is 2.27 bits per heavy atom. The molecule has 82 valence electrons. The third-order valence-electron chi connectivity index (χ3n) is 2.06. The number of nitrogens with zero attached hydrogens (tertiary/aromatic N) is 1. The molecule has 15 heavy (non-hydrogen) atoms. The maximum Gasteiger partial charge on any atom is 0.303 e. The first-order chi connectivity index (χ1) is 6.89. The van der Waals surface area contributed by atoms with E-state index in [4.69, 9.17) is 5.11 Å². The third kappa shape index (κ3) is 3.65. The van der Waals surface area contributed by atoms with E-state index in [9.17, 15) is 9.18 Å². The van der Waals surface area contributed by atoms with Crippen molar-refractivity contribution < 1.29 is 14.3 Å². The number of halogens is 1. The number of aromatic nitrogens is 1. The Balaban J connectivity index is 2.79. The summed E-state index contributed by atoms with van der Waals surface area (Å²) in [7, 11) is 0. The molecular weight excluding hydrogens is 197 g/mol. The molecule has 4 heteroatoms. The molecule has 0 amide bonds. The molecular formula is C11H14FNO2. The predicted molar refractivity (Wildman–Crippen MR) is 54.3 cm³/mol. The molecule has 0 atom stereocenters. The van der Waals surface area contributed by atoms with Gasteiger partial charge in [-0.3, -0.25) is 9.78 Å². The van der Waals surface area contributed by atoms with Gasteiger partial charge in [-0.2, -0.15) is 0 Å². The van der Waals surface area contributed by atoms with Crippen molar-refractivity contribution >= 4 is 5.97 Å². The molecule has 0 aliphatic carbocycles. The van der Waals surface area contributed by atoms with Crippen LogP contribution in [0.2, 0.25) is 0 Å². The molecule has 0 unspecified atom stereocenters. The third-order valence-corrected chi connectivity index (χ3v) is 2.06. The highest BCUT2D eigenvalue weighted by Gasteiger charge is 2.20. The summed E-state index contributed by atoms with van der Waals surface area (Å²) in [6.45, 7) is 2.85. The number of carboxylic acid groups (broad SMARTS) is 1. The maximum atomic E-state index is 13.5. The molecule has 1 aromatic rings. The maximum absolute atomic E-state index is 13.5. The smallest absolute Gasteiger partial charge is 0.303 e. The first kappa shape index (κ1) is 11.6. The van der Waals surface area contributed by atoms with Crippen LogP contribution in [0.5, 0.6) is 0 Å². The number of hydrogen-bond donors (Lipinski definition) is 1. The second-order valence-corrected chi connectivity index (χ2v) is 3.92. The zero-order valence-corrected chi connectivity index (χ0v) is 8.83. The molecule has 0 radical (unpaired) electrons. The summed E-state index contributed by atoms with van der Waals surface area (Å²) < 4.78 is 13.5. The number of alkyl halides is 1. The highest BCUT2D eigenvalue weighted by Crippen LogP contribution is 2.23. The Morgan fingerprint density at radius 3 is 2.80 bits per heavy atom. The van der Waals surface area contributed by atoms with E-state index in [1.807, 2.05) is 0 Å². The van der Waals surface area contributed by atoms with E-state index >= 15 is 0 Å². The van der Waals surface area contributed by atoms with E-state index in [2.05, 4.69) is 4.98 Å². The van der Waals surface area contributed by atoms with Gasteiger partial charge in [0.05, 0.1) is 5.69 Å². The van der Waals surface area contributed by atoms with Gasteiger partial charge in [-0.05, 0) is 38.0 Å². The molecule has 0 aliphatic heterocycles. The van der Waals surface area contributed by atoms with Gasteiger partial charge in [0, 0.05) is 12.6 Å². The predicted octanol–water partition coefficient (Wildman–Crippen LogP) is 2.30. The molecule has 0 fully saturated rings. The van der Waals surface area contributed by atoms with Crippen molar-refractivity contribution in [3.8, 4) is 0 Å². The van der Waals surface area contributed by atoms with Crippen LogP contribution in [0.3, 0.4) is 0 Å². The van der Waals surface area contributed by atoms with E-state index in [0.29, 0.717) is 12.1 Å². The Morgan fingerprint density at radius 1 is 1.60 bits per heavy atom. The van der Waals surface area contributed by atoms with Crippen LogP contribution in [-0.2, 0) is 16.9 Å². The Hall–Kier alpha value is -1.45. The Bertz CT molecular complexity index is 358. The largest absolute Gasteiger partial charge is 0.481 e. The summed E-state index contributed by atoms with van der Waals surface area (Å²) in [5.41, 5.74) is -0.349. The molecule has 0 saturated heterocycles. The van der Waals surface area contributed by atoms with Crippen LogP contribution in [0.25, 0.3) is 0 Å². The second-order valence-electron chi connectivity index (χ2n) is 3.92. The minimum Gasteiger partial charge on any atom is -0.481 e. The molecule has 0 saturated carbocycles. The molecule has 0 bridgehead atoms. The molecule has 1 heterocycles. The molecule has 1 rings (SSSR count). The lowest BCUT2D eigenvalue weighted by Crippen LogP contribution is -2.12. The van der Waals surface area contributed by atoms with Crippen LogP contribution in [0.4, 0.5) is 4.39 Å². The van der Waals surface area contributed by atoms with Crippen LogP contribution < -0.4 is 0 Å². The fourth-order valence-electron chi connectivity index (χ4n) is 1.21. The van der Waals surface area contributed by atoms with Crippen molar-refractivity contribution in [2.75, 3.05) is 0 Å². The van der Waals surface area contributed by atoms with Gasteiger partial charge in [0.25, 0.3) is 0 Å². The number of hydrogen-bond acceptors (Lipinski definition) is 2. The fourth-order valence-corrected chi connectivity index (χ4v) is 1.21. The zero-order valence-electron chi connectivity index (χ0n) is 8.83. The van der Waals surface area contributed by atoms with E-state index in [-0.39, 0.29) is 6.42 Å². The SMILES string of the molecule is CC(C)(F)c1cc(CCC(=O)O)ccn1. The summed E-state index contributed by atoms with van der Waals surface area (Å²) in [5, 5.41) is 8.51. The first-order valence-electron chi connectivity index (χ1n) is 4.75. The van der Waals surface area contributed by atoms with Crippen LogP contribution in [0, 0.1) is 0 Å². The van der Waals surface area contributed by atoms with Gasteiger partial charge in [-0.25, -0.2) is 4.39 Å². The quantitative estimate of drug-likeness (QED) is 0.831. The lowest BCUT2D eigenvalue weighted by Gasteiger charge is -2.13. The van der Waals surface area contributed by atoms with Crippen molar-refractivity contribution in [2.24, 2.45) is 0 Å². The minimum absolute atomic E-state index is 0.0518. The number of carbonyl (C=O) groups is 1. The van der Waals surface area contributed by atoms with Crippen molar-refractivity contribution in [1.82, 2.24) is 4.98 Å². The molecule has 0 aliphatic rings. The molecule has 1 aromatic heterocycles. The average Bonchev–Trinajstić information content (AvgIpc) is 2.14.